The van der Waals surface area contributed by atoms with Gasteiger partial charge in [0.2, 0.25) is 0 Å². The Morgan fingerprint density at radius 1 is 1.16 bits per heavy atom. The van der Waals surface area contributed by atoms with E-state index in [4.69, 9.17) is 4.98 Å². The number of hydrogen-bond acceptors (Lipinski definition) is 4. The third kappa shape index (κ3) is 2.54. The lowest BCUT2D eigenvalue weighted by atomic mass is 9.89. The SMILES string of the molecule is C[C@@H]1CCc2c(sc3ncn4c(CCc5ccccc5)nnc4c23)C1. The molecule has 5 heteroatoms. The molecule has 1 aromatic carbocycles. The van der Waals surface area contributed by atoms with Crippen molar-refractivity contribution in [3.05, 3.63) is 58.5 Å². The van der Waals surface area contributed by atoms with E-state index in [1.807, 2.05) is 17.7 Å². The molecule has 0 bridgehead atoms. The van der Waals surface area contributed by atoms with Crippen LogP contribution in [0.15, 0.2) is 36.7 Å². The van der Waals surface area contributed by atoms with Gasteiger partial charge in [0.25, 0.3) is 0 Å². The fourth-order valence-electron chi connectivity index (χ4n) is 3.85. The molecule has 0 saturated carbocycles. The summed E-state index contributed by atoms with van der Waals surface area (Å²) in [5, 5.41) is 10.3. The van der Waals surface area contributed by atoms with Crippen LogP contribution in [0.1, 0.15) is 35.2 Å². The lowest BCUT2D eigenvalue weighted by Crippen LogP contribution is -2.08. The van der Waals surface area contributed by atoms with E-state index in [0.29, 0.717) is 0 Å². The molecule has 0 N–H and O–H groups in total. The highest BCUT2D eigenvalue weighted by atomic mass is 32.1. The van der Waals surface area contributed by atoms with Crippen LogP contribution >= 0.6 is 11.3 Å². The second kappa shape index (κ2) is 5.92. The van der Waals surface area contributed by atoms with Crippen molar-refractivity contribution in [3.8, 4) is 0 Å². The van der Waals surface area contributed by atoms with Crippen molar-refractivity contribution in [1.82, 2.24) is 19.6 Å². The summed E-state index contributed by atoms with van der Waals surface area (Å²) in [6, 6.07) is 10.5. The fraction of sp³-hybridized carbons (Fsp3) is 0.350. The van der Waals surface area contributed by atoms with Crippen molar-refractivity contribution in [2.75, 3.05) is 0 Å². The van der Waals surface area contributed by atoms with Gasteiger partial charge in [-0.05, 0) is 42.7 Å². The third-order valence-electron chi connectivity index (χ3n) is 5.25. The molecular formula is C20H20N4S. The van der Waals surface area contributed by atoms with Crippen molar-refractivity contribution in [2.24, 2.45) is 5.92 Å². The molecule has 1 atom stereocenters. The third-order valence-corrected chi connectivity index (χ3v) is 6.42. The number of benzene rings is 1. The maximum Gasteiger partial charge on any atom is 0.172 e. The first-order valence-corrected chi connectivity index (χ1v) is 9.78. The predicted molar refractivity (Wildman–Crippen MR) is 101 cm³/mol. The van der Waals surface area contributed by atoms with Gasteiger partial charge in [-0.25, -0.2) is 4.98 Å². The summed E-state index contributed by atoms with van der Waals surface area (Å²) in [5.74, 6) is 1.77. The lowest BCUT2D eigenvalue weighted by molar-refractivity contribution is 0.509. The number of aromatic nitrogens is 4. The Kier molecular flexibility index (Phi) is 3.55. The first kappa shape index (κ1) is 15.0. The molecule has 4 aromatic rings. The maximum absolute atomic E-state index is 4.73. The highest BCUT2D eigenvalue weighted by molar-refractivity contribution is 7.19. The van der Waals surface area contributed by atoms with Gasteiger partial charge in [-0.15, -0.1) is 21.5 Å². The van der Waals surface area contributed by atoms with E-state index < -0.39 is 0 Å². The molecule has 3 heterocycles. The van der Waals surface area contributed by atoms with E-state index in [2.05, 4.69) is 51.9 Å². The molecular weight excluding hydrogens is 328 g/mol. The van der Waals surface area contributed by atoms with Crippen LogP contribution in [0, 0.1) is 5.92 Å². The summed E-state index contributed by atoms with van der Waals surface area (Å²) < 4.78 is 2.09. The Balaban J connectivity index is 1.55. The zero-order valence-electron chi connectivity index (χ0n) is 14.3. The number of nitrogens with zero attached hydrogens (tertiary/aromatic N) is 4. The van der Waals surface area contributed by atoms with Gasteiger partial charge in [0.05, 0.1) is 5.39 Å². The number of thiophene rings is 1. The number of hydrogen-bond donors (Lipinski definition) is 0. The van der Waals surface area contributed by atoms with Gasteiger partial charge in [0.1, 0.15) is 17.0 Å². The molecule has 0 amide bonds. The van der Waals surface area contributed by atoms with Crippen molar-refractivity contribution >= 4 is 27.2 Å². The minimum atomic E-state index is 0.774. The summed E-state index contributed by atoms with van der Waals surface area (Å²) in [7, 11) is 0. The van der Waals surface area contributed by atoms with Crippen LogP contribution in [-0.4, -0.2) is 19.6 Å². The van der Waals surface area contributed by atoms with Crippen LogP contribution in [-0.2, 0) is 25.7 Å². The average molecular weight is 348 g/mol. The van der Waals surface area contributed by atoms with Crippen LogP contribution < -0.4 is 0 Å². The van der Waals surface area contributed by atoms with E-state index in [1.165, 1.54) is 34.2 Å². The van der Waals surface area contributed by atoms with Gasteiger partial charge in [-0.1, -0.05) is 37.3 Å². The first-order chi connectivity index (χ1) is 12.3. The Labute approximate surface area is 150 Å². The van der Waals surface area contributed by atoms with Crippen LogP contribution in [0.2, 0.25) is 0 Å². The van der Waals surface area contributed by atoms with Crippen molar-refractivity contribution in [1.29, 1.82) is 0 Å². The first-order valence-electron chi connectivity index (χ1n) is 8.96. The van der Waals surface area contributed by atoms with E-state index in [1.54, 1.807) is 0 Å². The molecule has 0 saturated heterocycles. The Morgan fingerprint density at radius 2 is 2.04 bits per heavy atom. The fourth-order valence-corrected chi connectivity index (χ4v) is 5.20. The van der Waals surface area contributed by atoms with Crippen LogP contribution in [0.25, 0.3) is 15.9 Å². The van der Waals surface area contributed by atoms with Crippen LogP contribution in [0.4, 0.5) is 0 Å². The van der Waals surface area contributed by atoms with Gasteiger partial charge < -0.3 is 0 Å². The summed E-state index contributed by atoms with van der Waals surface area (Å²) in [6.07, 6.45) is 7.33. The molecule has 4 nitrogen and oxygen atoms in total. The van der Waals surface area contributed by atoms with Gasteiger partial charge in [0.15, 0.2) is 5.65 Å². The Hall–Kier alpha value is -2.27. The largest absolute Gasteiger partial charge is 0.269 e. The zero-order valence-corrected chi connectivity index (χ0v) is 15.1. The molecule has 1 aliphatic carbocycles. The Morgan fingerprint density at radius 3 is 2.92 bits per heavy atom. The minimum absolute atomic E-state index is 0.774. The molecule has 0 radical (unpaired) electrons. The van der Waals surface area contributed by atoms with Gasteiger partial charge in [0, 0.05) is 11.3 Å². The monoisotopic (exact) mass is 348 g/mol. The number of fused-ring (bicyclic) bond motifs is 5. The lowest BCUT2D eigenvalue weighted by Gasteiger charge is -2.17. The number of rotatable bonds is 3. The molecule has 126 valence electrons. The van der Waals surface area contributed by atoms with Crippen LogP contribution in [0.5, 0.6) is 0 Å². The van der Waals surface area contributed by atoms with Crippen molar-refractivity contribution < 1.29 is 0 Å². The zero-order chi connectivity index (χ0) is 16.8. The molecule has 0 unspecified atom stereocenters. The molecule has 5 rings (SSSR count). The van der Waals surface area contributed by atoms with Gasteiger partial charge >= 0.3 is 0 Å². The van der Waals surface area contributed by atoms with Crippen LogP contribution in [0.3, 0.4) is 0 Å². The summed E-state index contributed by atoms with van der Waals surface area (Å²) in [5.41, 5.74) is 3.79. The predicted octanol–water partition coefficient (Wildman–Crippen LogP) is 4.25. The second-order valence-electron chi connectivity index (χ2n) is 7.07. The van der Waals surface area contributed by atoms with E-state index in [-0.39, 0.29) is 0 Å². The summed E-state index contributed by atoms with van der Waals surface area (Å²) >= 11 is 1.85. The van der Waals surface area contributed by atoms with E-state index in [0.717, 1.165) is 41.5 Å². The minimum Gasteiger partial charge on any atom is -0.269 e. The molecule has 0 spiro atoms. The van der Waals surface area contributed by atoms with Crippen molar-refractivity contribution in [2.45, 2.75) is 39.0 Å². The second-order valence-corrected chi connectivity index (χ2v) is 8.16. The van der Waals surface area contributed by atoms with Crippen molar-refractivity contribution in [3.63, 3.8) is 0 Å². The van der Waals surface area contributed by atoms with Gasteiger partial charge in [-0.3, -0.25) is 4.40 Å². The molecule has 0 aliphatic heterocycles. The summed E-state index contributed by atoms with van der Waals surface area (Å²) in [4.78, 5) is 7.35. The number of aryl methyl sites for hydroxylation is 3. The quantitative estimate of drug-likeness (QED) is 0.556. The molecule has 3 aromatic heterocycles. The van der Waals surface area contributed by atoms with E-state index >= 15 is 0 Å². The Bertz CT molecular complexity index is 1050. The normalized spacial score (nSPS) is 17.2. The molecule has 25 heavy (non-hydrogen) atoms. The van der Waals surface area contributed by atoms with Gasteiger partial charge in [-0.2, -0.15) is 0 Å². The highest BCUT2D eigenvalue weighted by Crippen LogP contribution is 2.38. The average Bonchev–Trinajstić information content (AvgIpc) is 3.20. The summed E-state index contributed by atoms with van der Waals surface area (Å²) in [6.45, 7) is 2.34. The topological polar surface area (TPSA) is 43.1 Å². The van der Waals surface area contributed by atoms with E-state index in [9.17, 15) is 0 Å². The smallest absolute Gasteiger partial charge is 0.172 e. The molecule has 0 fully saturated rings. The molecule has 1 aliphatic rings. The maximum atomic E-state index is 4.73. The standard InChI is InChI=1S/C20H20N4S/c1-13-7-9-15-16(11-13)25-20-18(15)19-23-22-17(24(19)12-21-20)10-8-14-5-3-2-4-6-14/h2-6,12-13H,7-11H2,1H3/t13-/m1/s1. The highest BCUT2D eigenvalue weighted by Gasteiger charge is 2.23.